The minimum atomic E-state index is -0.220. The van der Waals surface area contributed by atoms with Gasteiger partial charge in [-0.05, 0) is 51.8 Å². The van der Waals surface area contributed by atoms with Gasteiger partial charge in [0.15, 0.2) is 0 Å². The highest BCUT2D eigenvalue weighted by molar-refractivity contribution is 9.10. The summed E-state index contributed by atoms with van der Waals surface area (Å²) in [5.74, 6) is -0.220. The van der Waals surface area contributed by atoms with E-state index in [1.165, 1.54) is 0 Å². The molecular weight excluding hydrogens is 354 g/mol. The van der Waals surface area contributed by atoms with Crippen molar-refractivity contribution in [3.63, 3.8) is 0 Å². The molecule has 0 unspecified atom stereocenters. The van der Waals surface area contributed by atoms with E-state index in [9.17, 15) is 4.79 Å². The van der Waals surface area contributed by atoms with E-state index in [4.69, 9.17) is 17.3 Å². The maximum absolute atomic E-state index is 12.4. The van der Waals surface area contributed by atoms with Crippen LogP contribution in [0.4, 0.5) is 11.4 Å². The molecule has 2 aromatic rings. The first kappa shape index (κ1) is 14.1. The van der Waals surface area contributed by atoms with Crippen LogP contribution in [0.3, 0.4) is 0 Å². The molecule has 1 aliphatic rings. The zero-order chi connectivity index (χ0) is 15.0. The average Bonchev–Trinajstić information content (AvgIpc) is 2.90. The van der Waals surface area contributed by atoms with Crippen LogP contribution in [-0.2, 0) is 6.54 Å². The quantitative estimate of drug-likeness (QED) is 0.794. The Balaban J connectivity index is 1.91. The monoisotopic (exact) mass is 363 g/mol. The summed E-state index contributed by atoms with van der Waals surface area (Å²) in [4.78, 5) is 16.6. The molecule has 3 N–H and O–H groups in total. The van der Waals surface area contributed by atoms with Crippen LogP contribution < -0.4 is 11.1 Å². The molecule has 106 valence electrons. The molecule has 0 atom stereocenters. The second kappa shape index (κ2) is 5.50. The summed E-state index contributed by atoms with van der Waals surface area (Å²) < 4.78 is 0.778. The number of hydrogen-bond donors (Lipinski definition) is 2. The Morgan fingerprint density at radius 2 is 2.14 bits per heavy atom. The number of carbonyl (C=O) groups is 1. The first-order valence-corrected chi connectivity index (χ1v) is 7.40. The van der Waals surface area contributed by atoms with Gasteiger partial charge in [0.1, 0.15) is 0 Å². The molecule has 0 bridgehead atoms. The molecule has 0 saturated heterocycles. The molecule has 0 aromatic heterocycles. The summed E-state index contributed by atoms with van der Waals surface area (Å²) in [6.45, 7) is 0.499. The van der Waals surface area contributed by atoms with Gasteiger partial charge < -0.3 is 11.1 Å². The number of aliphatic imine (C=N–C) groups is 1. The number of fused-ring (bicyclic) bond motifs is 1. The van der Waals surface area contributed by atoms with Crippen LogP contribution in [-0.4, -0.2) is 12.1 Å². The van der Waals surface area contributed by atoms with Gasteiger partial charge in [0.25, 0.3) is 5.91 Å². The van der Waals surface area contributed by atoms with Crippen LogP contribution in [0.2, 0.25) is 5.02 Å². The molecule has 3 rings (SSSR count). The van der Waals surface area contributed by atoms with E-state index in [0.717, 1.165) is 15.6 Å². The van der Waals surface area contributed by atoms with Crippen LogP contribution in [0.15, 0.2) is 39.8 Å². The fraction of sp³-hybridized carbons (Fsp3) is 0.0667. The number of benzene rings is 2. The lowest BCUT2D eigenvalue weighted by Crippen LogP contribution is -2.15. The highest BCUT2D eigenvalue weighted by Crippen LogP contribution is 2.27. The zero-order valence-electron chi connectivity index (χ0n) is 10.9. The number of halogens is 2. The fourth-order valence-electron chi connectivity index (χ4n) is 2.22. The fourth-order valence-corrected chi connectivity index (χ4v) is 2.65. The number of anilines is 2. The molecular formula is C15H11BrClN3O. The van der Waals surface area contributed by atoms with Crippen molar-refractivity contribution in [3.05, 3.63) is 56.5 Å². The Labute approximate surface area is 135 Å². The van der Waals surface area contributed by atoms with Gasteiger partial charge >= 0.3 is 0 Å². The van der Waals surface area contributed by atoms with Crippen LogP contribution in [0.5, 0.6) is 0 Å². The third-order valence-electron chi connectivity index (χ3n) is 3.21. The largest absolute Gasteiger partial charge is 0.399 e. The number of hydrogen-bond acceptors (Lipinski definition) is 3. The number of nitrogens with two attached hydrogens (primary N) is 1. The molecule has 0 spiro atoms. The lowest BCUT2D eigenvalue weighted by Gasteiger charge is -2.10. The Morgan fingerprint density at radius 3 is 2.90 bits per heavy atom. The van der Waals surface area contributed by atoms with Gasteiger partial charge in [-0.3, -0.25) is 9.79 Å². The number of rotatable bonds is 2. The van der Waals surface area contributed by atoms with Crippen molar-refractivity contribution in [2.24, 2.45) is 4.99 Å². The van der Waals surface area contributed by atoms with E-state index < -0.39 is 0 Å². The Hall–Kier alpha value is -1.85. The standard InChI is InChI=1S/C15H11BrClN3O/c16-13-2-1-10(5-14(13)17)20-15(21)11-4-9(18)3-8-6-19-7-12(8)11/h1-6H,7,18H2,(H,20,21). The Bertz CT molecular complexity index is 774. The molecule has 4 nitrogen and oxygen atoms in total. The Kier molecular flexibility index (Phi) is 3.69. The topological polar surface area (TPSA) is 67.5 Å². The van der Waals surface area contributed by atoms with Gasteiger partial charge in [-0.1, -0.05) is 11.6 Å². The Morgan fingerprint density at radius 1 is 1.33 bits per heavy atom. The predicted octanol–water partition coefficient (Wildman–Crippen LogP) is 3.87. The lowest BCUT2D eigenvalue weighted by atomic mass is 10.0. The van der Waals surface area contributed by atoms with E-state index in [0.29, 0.717) is 28.5 Å². The molecule has 0 radical (unpaired) electrons. The first-order valence-electron chi connectivity index (χ1n) is 6.23. The molecule has 2 aromatic carbocycles. The van der Waals surface area contributed by atoms with Crippen LogP contribution >= 0.6 is 27.5 Å². The van der Waals surface area contributed by atoms with Crippen molar-refractivity contribution >= 4 is 51.0 Å². The third-order valence-corrected chi connectivity index (χ3v) is 4.44. The van der Waals surface area contributed by atoms with E-state index in [1.807, 2.05) is 6.07 Å². The van der Waals surface area contributed by atoms with Gasteiger partial charge in [0.2, 0.25) is 0 Å². The summed E-state index contributed by atoms with van der Waals surface area (Å²) in [5.41, 5.74) is 9.34. The summed E-state index contributed by atoms with van der Waals surface area (Å²) in [6, 6.07) is 8.73. The van der Waals surface area contributed by atoms with E-state index in [-0.39, 0.29) is 5.91 Å². The minimum Gasteiger partial charge on any atom is -0.399 e. The van der Waals surface area contributed by atoms with Crippen molar-refractivity contribution in [1.29, 1.82) is 0 Å². The summed E-state index contributed by atoms with van der Waals surface area (Å²) in [6.07, 6.45) is 1.74. The molecule has 0 saturated carbocycles. The summed E-state index contributed by atoms with van der Waals surface area (Å²) in [5, 5.41) is 3.36. The number of nitrogens with zero attached hydrogens (tertiary/aromatic N) is 1. The minimum absolute atomic E-state index is 0.220. The number of carbonyl (C=O) groups excluding carboxylic acids is 1. The zero-order valence-corrected chi connectivity index (χ0v) is 13.2. The molecule has 21 heavy (non-hydrogen) atoms. The van der Waals surface area contributed by atoms with Gasteiger partial charge in [0.05, 0.1) is 11.6 Å². The predicted molar refractivity (Wildman–Crippen MR) is 89.3 cm³/mol. The van der Waals surface area contributed by atoms with Crippen LogP contribution in [0, 0.1) is 0 Å². The highest BCUT2D eigenvalue weighted by atomic mass is 79.9. The third kappa shape index (κ3) is 2.80. The maximum atomic E-state index is 12.4. The van der Waals surface area contributed by atoms with Crippen molar-refractivity contribution in [2.75, 3.05) is 11.1 Å². The summed E-state index contributed by atoms with van der Waals surface area (Å²) >= 11 is 9.34. The summed E-state index contributed by atoms with van der Waals surface area (Å²) in [7, 11) is 0. The SMILES string of the molecule is Nc1cc2c(c(C(=O)Nc3ccc(Br)c(Cl)c3)c1)CN=C2. The molecule has 0 fully saturated rings. The molecule has 1 heterocycles. The second-order valence-corrected chi connectivity index (χ2v) is 5.95. The van der Waals surface area contributed by atoms with Crippen molar-refractivity contribution in [3.8, 4) is 0 Å². The van der Waals surface area contributed by atoms with E-state index >= 15 is 0 Å². The van der Waals surface area contributed by atoms with Crippen molar-refractivity contribution in [2.45, 2.75) is 6.54 Å². The van der Waals surface area contributed by atoms with E-state index in [2.05, 4.69) is 26.2 Å². The number of nitrogen functional groups attached to an aromatic ring is 1. The molecule has 1 amide bonds. The van der Waals surface area contributed by atoms with Gasteiger partial charge in [0, 0.05) is 33.2 Å². The first-order chi connectivity index (χ1) is 10.0. The maximum Gasteiger partial charge on any atom is 0.256 e. The van der Waals surface area contributed by atoms with Gasteiger partial charge in [-0.25, -0.2) is 0 Å². The smallest absolute Gasteiger partial charge is 0.256 e. The van der Waals surface area contributed by atoms with Crippen molar-refractivity contribution < 1.29 is 4.79 Å². The number of nitrogens with one attached hydrogen (secondary N) is 1. The van der Waals surface area contributed by atoms with E-state index in [1.54, 1.807) is 30.5 Å². The van der Waals surface area contributed by atoms with Crippen LogP contribution in [0.25, 0.3) is 0 Å². The van der Waals surface area contributed by atoms with Gasteiger partial charge in [-0.15, -0.1) is 0 Å². The normalized spacial score (nSPS) is 12.3. The molecule has 6 heteroatoms. The lowest BCUT2D eigenvalue weighted by molar-refractivity contribution is 0.102. The highest BCUT2D eigenvalue weighted by Gasteiger charge is 2.18. The average molecular weight is 365 g/mol. The van der Waals surface area contributed by atoms with Crippen molar-refractivity contribution in [1.82, 2.24) is 0 Å². The second-order valence-electron chi connectivity index (χ2n) is 4.69. The number of amides is 1. The van der Waals surface area contributed by atoms with Crippen LogP contribution in [0.1, 0.15) is 21.5 Å². The molecule has 0 aliphatic carbocycles. The van der Waals surface area contributed by atoms with Gasteiger partial charge in [-0.2, -0.15) is 0 Å². The molecule has 1 aliphatic heterocycles.